The van der Waals surface area contributed by atoms with E-state index >= 15 is 0 Å². The van der Waals surface area contributed by atoms with Crippen LogP contribution in [-0.2, 0) is 10.8 Å². The number of rotatable bonds is 4. The van der Waals surface area contributed by atoms with Gasteiger partial charge in [0.25, 0.3) is 0 Å². The van der Waals surface area contributed by atoms with Crippen LogP contribution in [0.4, 0.5) is 0 Å². The van der Waals surface area contributed by atoms with Gasteiger partial charge in [-0.3, -0.25) is 4.21 Å². The minimum atomic E-state index is -1.43. The summed E-state index contributed by atoms with van der Waals surface area (Å²) in [6.07, 6.45) is 3.49. The molecule has 0 radical (unpaired) electrons. The van der Waals surface area contributed by atoms with E-state index in [9.17, 15) is 9.32 Å². The summed E-state index contributed by atoms with van der Waals surface area (Å²) >= 11 is 5.71. The van der Waals surface area contributed by atoms with Gasteiger partial charge in [0.15, 0.2) is 0 Å². The highest BCUT2D eigenvalue weighted by Crippen LogP contribution is 2.58. The molecule has 72 valence electrons. The van der Waals surface area contributed by atoms with E-state index in [2.05, 4.69) is 6.92 Å². The first-order chi connectivity index (χ1) is 5.53. The maximum Gasteiger partial charge on any atom is 0.233 e. The van der Waals surface area contributed by atoms with Crippen molar-refractivity contribution >= 4 is 22.4 Å². The third kappa shape index (κ3) is 1.22. The zero-order valence-electron chi connectivity index (χ0n) is 7.47. The summed E-state index contributed by atoms with van der Waals surface area (Å²) < 4.78 is 9.38. The first-order valence-electron chi connectivity index (χ1n) is 4.36. The van der Waals surface area contributed by atoms with Crippen molar-refractivity contribution in [1.29, 1.82) is 0 Å². The van der Waals surface area contributed by atoms with Crippen molar-refractivity contribution < 1.29 is 9.32 Å². The fourth-order valence-electron chi connectivity index (χ4n) is 1.58. The summed E-state index contributed by atoms with van der Waals surface area (Å²) in [6, 6.07) is 0. The fraction of sp³-hybridized carbons (Fsp3) is 1.00. The van der Waals surface area contributed by atoms with Crippen LogP contribution >= 0.6 is 11.6 Å². The van der Waals surface area contributed by atoms with Gasteiger partial charge in [-0.1, -0.05) is 38.3 Å². The molecule has 1 aliphatic rings. The molecule has 0 aliphatic carbocycles. The molecular formula is C8H15ClO2S. The SMILES string of the molecule is CCCCC1(CC)S(=O)C1(O)Cl. The Hall–Kier alpha value is 0.400. The Bertz CT molecular complexity index is 205. The van der Waals surface area contributed by atoms with E-state index < -0.39 is 19.9 Å². The molecule has 1 fully saturated rings. The lowest BCUT2D eigenvalue weighted by Gasteiger charge is -2.10. The second kappa shape index (κ2) is 3.28. The van der Waals surface area contributed by atoms with Crippen LogP contribution in [0.25, 0.3) is 0 Å². The maximum atomic E-state index is 11.3. The Morgan fingerprint density at radius 3 is 2.25 bits per heavy atom. The zero-order valence-corrected chi connectivity index (χ0v) is 9.04. The van der Waals surface area contributed by atoms with Crippen LogP contribution in [0.3, 0.4) is 0 Å². The molecule has 4 heteroatoms. The zero-order chi connectivity index (χ0) is 9.41. The molecule has 3 atom stereocenters. The predicted molar refractivity (Wildman–Crippen MR) is 51.5 cm³/mol. The summed E-state index contributed by atoms with van der Waals surface area (Å²) in [7, 11) is -1.25. The summed E-state index contributed by atoms with van der Waals surface area (Å²) in [5.74, 6) is 0. The molecule has 0 amide bonds. The van der Waals surface area contributed by atoms with Crippen molar-refractivity contribution in [2.24, 2.45) is 0 Å². The first-order valence-corrected chi connectivity index (χ1v) is 5.89. The molecular weight excluding hydrogens is 196 g/mol. The van der Waals surface area contributed by atoms with Gasteiger partial charge in [0.2, 0.25) is 4.39 Å². The Morgan fingerprint density at radius 2 is 2.00 bits per heavy atom. The highest BCUT2D eigenvalue weighted by Gasteiger charge is 2.74. The van der Waals surface area contributed by atoms with Crippen molar-refractivity contribution in [3.63, 3.8) is 0 Å². The Labute approximate surface area is 80.8 Å². The Morgan fingerprint density at radius 1 is 1.50 bits per heavy atom. The average molecular weight is 211 g/mol. The van der Waals surface area contributed by atoms with Gasteiger partial charge in [-0.15, -0.1) is 0 Å². The van der Waals surface area contributed by atoms with Gasteiger partial charge in [0, 0.05) is 0 Å². The normalized spacial score (nSPS) is 46.2. The van der Waals surface area contributed by atoms with E-state index in [1.807, 2.05) is 6.92 Å². The molecule has 1 heterocycles. The van der Waals surface area contributed by atoms with Crippen molar-refractivity contribution in [3.05, 3.63) is 0 Å². The molecule has 3 unspecified atom stereocenters. The van der Waals surface area contributed by atoms with Crippen molar-refractivity contribution in [2.75, 3.05) is 0 Å². The lowest BCUT2D eigenvalue weighted by molar-refractivity contribution is 0.208. The fourth-order valence-corrected chi connectivity index (χ4v) is 3.97. The van der Waals surface area contributed by atoms with Crippen LogP contribution in [-0.4, -0.2) is 18.5 Å². The number of halogens is 1. The van der Waals surface area contributed by atoms with Crippen LogP contribution in [0, 0.1) is 0 Å². The van der Waals surface area contributed by atoms with Gasteiger partial charge in [-0.25, -0.2) is 0 Å². The van der Waals surface area contributed by atoms with E-state index in [1.54, 1.807) is 0 Å². The van der Waals surface area contributed by atoms with Gasteiger partial charge < -0.3 is 5.11 Å². The lowest BCUT2D eigenvalue weighted by Crippen LogP contribution is -2.19. The summed E-state index contributed by atoms with van der Waals surface area (Å²) in [4.78, 5) is 0. The highest BCUT2D eigenvalue weighted by molar-refractivity contribution is 7.97. The largest absolute Gasteiger partial charge is 0.363 e. The summed E-state index contributed by atoms with van der Waals surface area (Å²) in [5.41, 5.74) is 0. The summed E-state index contributed by atoms with van der Waals surface area (Å²) in [6.45, 7) is 4.00. The molecule has 1 aliphatic heterocycles. The number of hydrogen-bond acceptors (Lipinski definition) is 2. The van der Waals surface area contributed by atoms with E-state index in [4.69, 9.17) is 11.6 Å². The van der Waals surface area contributed by atoms with Gasteiger partial charge in [-0.2, -0.15) is 0 Å². The molecule has 0 saturated carbocycles. The van der Waals surface area contributed by atoms with Crippen molar-refractivity contribution in [3.8, 4) is 0 Å². The second-order valence-electron chi connectivity index (χ2n) is 3.28. The molecule has 0 aromatic rings. The van der Waals surface area contributed by atoms with Crippen LogP contribution in [0.15, 0.2) is 0 Å². The van der Waals surface area contributed by atoms with E-state index in [-0.39, 0.29) is 0 Å². The number of unbranched alkanes of at least 4 members (excludes halogenated alkanes) is 1. The molecule has 0 aromatic heterocycles. The third-order valence-corrected chi connectivity index (χ3v) is 5.70. The predicted octanol–water partition coefficient (Wildman–Crippen LogP) is 1.97. The highest BCUT2D eigenvalue weighted by atomic mass is 35.5. The van der Waals surface area contributed by atoms with Crippen LogP contribution in [0.2, 0.25) is 0 Å². The lowest BCUT2D eigenvalue weighted by atomic mass is 10.0. The van der Waals surface area contributed by atoms with Crippen molar-refractivity contribution in [2.45, 2.75) is 48.7 Å². The van der Waals surface area contributed by atoms with Gasteiger partial charge in [-0.05, 0) is 12.8 Å². The van der Waals surface area contributed by atoms with Crippen LogP contribution < -0.4 is 0 Å². The number of aliphatic hydroxyl groups is 1. The molecule has 1 saturated heterocycles. The standard InChI is InChI=1S/C8H15ClO2S/c1-3-5-6-7(4-2)8(9,10)12(7)11/h10H,3-6H2,1-2H3. The molecule has 2 nitrogen and oxygen atoms in total. The maximum absolute atomic E-state index is 11.3. The Kier molecular flexibility index (Phi) is 2.86. The molecule has 12 heavy (non-hydrogen) atoms. The molecule has 1 N–H and O–H groups in total. The number of alkyl halides is 1. The first kappa shape index (κ1) is 10.5. The molecule has 0 aromatic carbocycles. The van der Waals surface area contributed by atoms with E-state index in [1.165, 1.54) is 0 Å². The van der Waals surface area contributed by atoms with Crippen LogP contribution in [0.1, 0.15) is 39.5 Å². The quantitative estimate of drug-likeness (QED) is 0.569. The van der Waals surface area contributed by atoms with Gasteiger partial charge >= 0.3 is 0 Å². The average Bonchev–Trinajstić information content (AvgIpc) is 2.46. The third-order valence-electron chi connectivity index (χ3n) is 2.63. The minimum absolute atomic E-state index is 0.509. The van der Waals surface area contributed by atoms with Crippen molar-refractivity contribution in [1.82, 2.24) is 0 Å². The second-order valence-corrected chi connectivity index (χ2v) is 5.96. The summed E-state index contributed by atoms with van der Waals surface area (Å²) in [5, 5.41) is 9.50. The number of hydrogen-bond donors (Lipinski definition) is 1. The van der Waals surface area contributed by atoms with E-state index in [0.29, 0.717) is 6.42 Å². The smallest absolute Gasteiger partial charge is 0.233 e. The minimum Gasteiger partial charge on any atom is -0.363 e. The molecule has 0 bridgehead atoms. The van der Waals surface area contributed by atoms with Gasteiger partial charge in [0.1, 0.15) is 4.75 Å². The topological polar surface area (TPSA) is 37.3 Å². The molecule has 1 rings (SSSR count). The van der Waals surface area contributed by atoms with E-state index in [0.717, 1.165) is 19.3 Å². The Balaban J connectivity index is 2.63. The monoisotopic (exact) mass is 210 g/mol. The molecule has 0 spiro atoms. The van der Waals surface area contributed by atoms with Crippen LogP contribution in [0.5, 0.6) is 0 Å². The van der Waals surface area contributed by atoms with Gasteiger partial charge in [0.05, 0.1) is 10.8 Å².